The Bertz CT molecular complexity index is 858. The molecule has 0 fully saturated rings. The highest BCUT2D eigenvalue weighted by atomic mass is 19.1. The molecule has 0 bridgehead atoms. The minimum atomic E-state index is -0.363. The maximum Gasteiger partial charge on any atom is 0.256 e. The lowest BCUT2D eigenvalue weighted by atomic mass is 10.2. The Balaban J connectivity index is 1.88. The lowest BCUT2D eigenvalue weighted by Crippen LogP contribution is -2.26. The number of hydrogen-bond donors (Lipinski definition) is 1. The second-order valence-electron chi connectivity index (χ2n) is 5.67. The topological polar surface area (TPSA) is 61.1 Å². The molecule has 0 atom stereocenters. The number of nitrogens with zero attached hydrogens (tertiary/aromatic N) is 3. The summed E-state index contributed by atoms with van der Waals surface area (Å²) in [4.78, 5) is 12.6. The molecule has 0 aliphatic carbocycles. The molecule has 3 aromatic rings. The number of hydrogen-bond acceptors (Lipinski definition) is 3. The van der Waals surface area contributed by atoms with E-state index in [-0.39, 0.29) is 11.7 Å². The van der Waals surface area contributed by atoms with Crippen LogP contribution in [0.15, 0.2) is 55.0 Å². The van der Waals surface area contributed by atoms with E-state index in [1.807, 2.05) is 31.5 Å². The van der Waals surface area contributed by atoms with E-state index in [0.29, 0.717) is 36.8 Å². The largest absolute Gasteiger partial charge is 0.382 e. The second kappa shape index (κ2) is 8.44. The number of amides is 1. The van der Waals surface area contributed by atoms with Crippen molar-refractivity contribution in [3.05, 3.63) is 66.4 Å². The zero-order valence-electron chi connectivity index (χ0n) is 14.6. The molecule has 6 nitrogen and oxygen atoms in total. The van der Waals surface area contributed by atoms with E-state index in [1.165, 1.54) is 18.3 Å². The number of aromatic nitrogens is 3. The molecule has 2 heterocycles. The van der Waals surface area contributed by atoms with Crippen LogP contribution in [0.1, 0.15) is 23.7 Å². The van der Waals surface area contributed by atoms with E-state index in [0.717, 1.165) is 6.42 Å². The van der Waals surface area contributed by atoms with Gasteiger partial charge in [-0.05, 0) is 43.7 Å². The normalized spacial score (nSPS) is 10.8. The standard InChI is InChI=1S/C19H21FN4O2/c1-2-26-12-6-9-21-18(25)17-14-22-24(16-8-5-7-15(20)13-16)19(17)23-10-3-4-11-23/h3-5,7-8,10-11,13-14H,2,6,9,12H2,1H3,(H,21,25). The minimum Gasteiger partial charge on any atom is -0.382 e. The Morgan fingerprint density at radius 3 is 2.81 bits per heavy atom. The van der Waals surface area contributed by atoms with Gasteiger partial charge < -0.3 is 14.6 Å². The van der Waals surface area contributed by atoms with Gasteiger partial charge in [-0.1, -0.05) is 6.07 Å². The number of nitrogens with one attached hydrogen (secondary N) is 1. The molecule has 0 unspecified atom stereocenters. The van der Waals surface area contributed by atoms with Crippen molar-refractivity contribution < 1.29 is 13.9 Å². The fourth-order valence-corrected chi connectivity index (χ4v) is 2.64. The highest BCUT2D eigenvalue weighted by Crippen LogP contribution is 2.20. The molecule has 26 heavy (non-hydrogen) atoms. The first-order valence-electron chi connectivity index (χ1n) is 8.54. The van der Waals surface area contributed by atoms with Crippen molar-refractivity contribution >= 4 is 5.91 Å². The summed E-state index contributed by atoms with van der Waals surface area (Å²) in [5.41, 5.74) is 0.964. The zero-order valence-corrected chi connectivity index (χ0v) is 14.6. The van der Waals surface area contributed by atoms with E-state index in [9.17, 15) is 9.18 Å². The van der Waals surface area contributed by atoms with Gasteiger partial charge in [-0.2, -0.15) is 5.10 Å². The zero-order chi connectivity index (χ0) is 18.4. The summed E-state index contributed by atoms with van der Waals surface area (Å²) >= 11 is 0. The first kappa shape index (κ1) is 17.9. The molecular weight excluding hydrogens is 335 g/mol. The average molecular weight is 356 g/mol. The summed E-state index contributed by atoms with van der Waals surface area (Å²) in [6, 6.07) is 9.81. The summed E-state index contributed by atoms with van der Waals surface area (Å²) in [6.45, 7) is 3.70. The first-order valence-corrected chi connectivity index (χ1v) is 8.54. The van der Waals surface area contributed by atoms with Gasteiger partial charge >= 0.3 is 0 Å². The maximum atomic E-state index is 13.6. The van der Waals surface area contributed by atoms with Crippen LogP contribution in [0.5, 0.6) is 0 Å². The summed E-state index contributed by atoms with van der Waals surface area (Å²) in [5.74, 6) is -0.0332. The van der Waals surface area contributed by atoms with Gasteiger partial charge in [0.25, 0.3) is 5.91 Å². The Kier molecular flexibility index (Phi) is 5.80. The van der Waals surface area contributed by atoms with Crippen LogP contribution in [-0.2, 0) is 4.74 Å². The Morgan fingerprint density at radius 1 is 1.27 bits per heavy atom. The van der Waals surface area contributed by atoms with E-state index in [2.05, 4.69) is 10.4 Å². The highest BCUT2D eigenvalue weighted by Gasteiger charge is 2.19. The summed E-state index contributed by atoms with van der Waals surface area (Å²) in [7, 11) is 0. The maximum absolute atomic E-state index is 13.6. The molecule has 3 rings (SSSR count). The molecule has 1 aromatic carbocycles. The molecule has 0 aliphatic rings. The van der Waals surface area contributed by atoms with Gasteiger partial charge in [-0.15, -0.1) is 0 Å². The summed E-state index contributed by atoms with van der Waals surface area (Å²) < 4.78 is 22.2. The predicted molar refractivity (Wildman–Crippen MR) is 96.3 cm³/mol. The molecule has 2 aromatic heterocycles. The fourth-order valence-electron chi connectivity index (χ4n) is 2.64. The molecular formula is C19H21FN4O2. The van der Waals surface area contributed by atoms with E-state index in [4.69, 9.17) is 4.74 Å². The van der Waals surface area contributed by atoms with Gasteiger partial charge in [0.1, 0.15) is 11.4 Å². The minimum absolute atomic E-state index is 0.229. The number of halogens is 1. The molecule has 1 N–H and O–H groups in total. The molecule has 0 saturated heterocycles. The SMILES string of the molecule is CCOCCCNC(=O)c1cnn(-c2cccc(F)c2)c1-n1cccc1. The van der Waals surface area contributed by atoms with Crippen LogP contribution >= 0.6 is 0 Å². The third-order valence-corrected chi connectivity index (χ3v) is 3.85. The van der Waals surface area contributed by atoms with Gasteiger partial charge in [0.05, 0.1) is 11.9 Å². The summed E-state index contributed by atoms with van der Waals surface area (Å²) in [5, 5.41) is 7.18. The van der Waals surface area contributed by atoms with Crippen LogP contribution in [-0.4, -0.2) is 40.0 Å². The van der Waals surface area contributed by atoms with Crippen LogP contribution < -0.4 is 5.32 Å². The van der Waals surface area contributed by atoms with E-state index < -0.39 is 0 Å². The van der Waals surface area contributed by atoms with Crippen molar-refractivity contribution in [1.29, 1.82) is 0 Å². The van der Waals surface area contributed by atoms with Crippen LogP contribution in [0.25, 0.3) is 11.5 Å². The van der Waals surface area contributed by atoms with Crippen LogP contribution in [0, 0.1) is 5.82 Å². The van der Waals surface area contributed by atoms with Gasteiger partial charge in [-0.3, -0.25) is 4.79 Å². The van der Waals surface area contributed by atoms with Gasteiger partial charge in [-0.25, -0.2) is 9.07 Å². The molecule has 0 spiro atoms. The molecule has 0 aliphatic heterocycles. The van der Waals surface area contributed by atoms with Crippen LogP contribution in [0.3, 0.4) is 0 Å². The average Bonchev–Trinajstić information content (AvgIpc) is 3.30. The molecule has 0 radical (unpaired) electrons. The van der Waals surface area contributed by atoms with Crippen molar-refractivity contribution in [2.24, 2.45) is 0 Å². The lowest BCUT2D eigenvalue weighted by Gasteiger charge is -2.11. The first-order chi connectivity index (χ1) is 12.7. The van der Waals surface area contributed by atoms with E-state index in [1.54, 1.807) is 21.4 Å². The smallest absolute Gasteiger partial charge is 0.256 e. The van der Waals surface area contributed by atoms with Crippen LogP contribution in [0.2, 0.25) is 0 Å². The fraction of sp³-hybridized carbons (Fsp3) is 0.263. The number of carbonyl (C=O) groups is 1. The number of ether oxygens (including phenoxy) is 1. The van der Waals surface area contributed by atoms with Crippen molar-refractivity contribution in [3.8, 4) is 11.5 Å². The third-order valence-electron chi connectivity index (χ3n) is 3.85. The molecule has 136 valence electrons. The Morgan fingerprint density at radius 2 is 2.08 bits per heavy atom. The highest BCUT2D eigenvalue weighted by molar-refractivity contribution is 5.97. The molecule has 1 amide bonds. The number of carbonyl (C=O) groups excluding carboxylic acids is 1. The van der Waals surface area contributed by atoms with Crippen molar-refractivity contribution in [2.45, 2.75) is 13.3 Å². The second-order valence-corrected chi connectivity index (χ2v) is 5.67. The number of benzene rings is 1. The van der Waals surface area contributed by atoms with Crippen LogP contribution in [0.4, 0.5) is 4.39 Å². The molecule has 0 saturated carbocycles. The quantitative estimate of drug-likeness (QED) is 0.631. The van der Waals surface area contributed by atoms with Gasteiger partial charge in [0.2, 0.25) is 0 Å². The van der Waals surface area contributed by atoms with Gasteiger partial charge in [0, 0.05) is 32.2 Å². The Labute approximate surface area is 151 Å². The third kappa shape index (κ3) is 4.00. The lowest BCUT2D eigenvalue weighted by molar-refractivity contribution is 0.0944. The monoisotopic (exact) mass is 356 g/mol. The van der Waals surface area contributed by atoms with Crippen molar-refractivity contribution in [2.75, 3.05) is 19.8 Å². The van der Waals surface area contributed by atoms with Crippen molar-refractivity contribution in [1.82, 2.24) is 19.7 Å². The molecule has 7 heteroatoms. The Hall–Kier alpha value is -2.93. The van der Waals surface area contributed by atoms with Gasteiger partial charge in [0.15, 0.2) is 5.82 Å². The number of rotatable bonds is 8. The predicted octanol–water partition coefficient (Wildman–Crippen LogP) is 2.96. The van der Waals surface area contributed by atoms with Crippen molar-refractivity contribution in [3.63, 3.8) is 0 Å². The summed E-state index contributed by atoms with van der Waals surface area (Å²) in [6.07, 6.45) is 5.87. The van der Waals surface area contributed by atoms with E-state index >= 15 is 0 Å².